The molecule has 0 radical (unpaired) electrons. The summed E-state index contributed by atoms with van der Waals surface area (Å²) >= 11 is 1.81. The van der Waals surface area contributed by atoms with Crippen molar-refractivity contribution in [1.82, 2.24) is 0 Å². The summed E-state index contributed by atoms with van der Waals surface area (Å²) in [5, 5.41) is 2.12. The molecule has 0 aliphatic carbocycles. The van der Waals surface area contributed by atoms with E-state index >= 15 is 0 Å². The molecule has 0 amide bonds. The molecule has 0 fully saturated rings. The number of hydrogen-bond donors (Lipinski definition) is 2. The van der Waals surface area contributed by atoms with Crippen molar-refractivity contribution in [1.29, 1.82) is 0 Å². The lowest BCUT2D eigenvalue weighted by molar-refractivity contribution is 0.468. The maximum absolute atomic E-state index is 5.61. The fourth-order valence-electron chi connectivity index (χ4n) is 1.48. The van der Waals surface area contributed by atoms with E-state index in [1.165, 1.54) is 4.88 Å². The molecule has 1 heterocycles. The smallest absolute Gasteiger partial charge is 0.00735 e. The molecule has 0 saturated heterocycles. The van der Waals surface area contributed by atoms with E-state index in [9.17, 15) is 0 Å². The molecule has 3 heteroatoms. The van der Waals surface area contributed by atoms with Crippen LogP contribution in [-0.4, -0.2) is 13.1 Å². The molecule has 1 rings (SSSR count). The topological polar surface area (TPSA) is 52.0 Å². The zero-order chi connectivity index (χ0) is 9.68. The first-order valence-corrected chi connectivity index (χ1v) is 5.59. The van der Waals surface area contributed by atoms with Gasteiger partial charge in [-0.05, 0) is 42.8 Å². The van der Waals surface area contributed by atoms with Gasteiger partial charge >= 0.3 is 0 Å². The summed E-state index contributed by atoms with van der Waals surface area (Å²) in [6.07, 6.45) is 1.10. The SMILES string of the molecule is CC(CC(CN)CN)c1cccs1. The van der Waals surface area contributed by atoms with Gasteiger partial charge in [-0.1, -0.05) is 13.0 Å². The molecule has 0 aliphatic rings. The number of nitrogens with two attached hydrogens (primary N) is 2. The second-order valence-corrected chi connectivity index (χ2v) is 4.47. The summed E-state index contributed by atoms with van der Waals surface area (Å²) in [6, 6.07) is 4.27. The van der Waals surface area contributed by atoms with Gasteiger partial charge in [-0.25, -0.2) is 0 Å². The Morgan fingerprint density at radius 1 is 1.38 bits per heavy atom. The van der Waals surface area contributed by atoms with Gasteiger partial charge in [0.25, 0.3) is 0 Å². The number of rotatable bonds is 5. The van der Waals surface area contributed by atoms with Crippen LogP contribution in [0.3, 0.4) is 0 Å². The van der Waals surface area contributed by atoms with Crippen LogP contribution in [0.4, 0.5) is 0 Å². The molecule has 2 nitrogen and oxygen atoms in total. The molecule has 0 spiro atoms. The van der Waals surface area contributed by atoms with Crippen molar-refractivity contribution >= 4 is 11.3 Å². The molecule has 1 atom stereocenters. The normalized spacial score (nSPS) is 13.5. The first-order valence-electron chi connectivity index (χ1n) is 4.71. The number of thiophene rings is 1. The lowest BCUT2D eigenvalue weighted by Crippen LogP contribution is -2.24. The summed E-state index contributed by atoms with van der Waals surface area (Å²) in [5.41, 5.74) is 11.2. The van der Waals surface area contributed by atoms with Gasteiger partial charge in [0, 0.05) is 4.88 Å². The maximum atomic E-state index is 5.61. The molecular weight excluding hydrogens is 180 g/mol. The Labute approximate surface area is 83.9 Å². The Balaban J connectivity index is 2.45. The Morgan fingerprint density at radius 3 is 2.54 bits per heavy atom. The molecule has 1 aromatic rings. The fourth-order valence-corrected chi connectivity index (χ4v) is 2.28. The third-order valence-corrected chi connectivity index (χ3v) is 3.49. The van der Waals surface area contributed by atoms with Gasteiger partial charge in [-0.2, -0.15) is 0 Å². The molecule has 4 N–H and O–H groups in total. The molecule has 13 heavy (non-hydrogen) atoms. The number of hydrogen-bond acceptors (Lipinski definition) is 3. The van der Waals surface area contributed by atoms with Gasteiger partial charge in [0.15, 0.2) is 0 Å². The van der Waals surface area contributed by atoms with Crippen molar-refractivity contribution in [3.8, 4) is 0 Å². The van der Waals surface area contributed by atoms with E-state index in [2.05, 4.69) is 24.4 Å². The minimum absolute atomic E-state index is 0.470. The molecular formula is C10H18N2S. The van der Waals surface area contributed by atoms with Gasteiger partial charge in [-0.15, -0.1) is 11.3 Å². The average Bonchev–Trinajstić information content (AvgIpc) is 2.66. The van der Waals surface area contributed by atoms with Crippen molar-refractivity contribution in [3.05, 3.63) is 22.4 Å². The van der Waals surface area contributed by atoms with E-state index in [4.69, 9.17) is 11.5 Å². The van der Waals surface area contributed by atoms with E-state index < -0.39 is 0 Å². The minimum atomic E-state index is 0.470. The lowest BCUT2D eigenvalue weighted by Gasteiger charge is -2.16. The molecule has 74 valence electrons. The van der Waals surface area contributed by atoms with Crippen molar-refractivity contribution < 1.29 is 0 Å². The van der Waals surface area contributed by atoms with Crippen LogP contribution < -0.4 is 11.5 Å². The van der Waals surface area contributed by atoms with Crippen molar-refractivity contribution in [2.75, 3.05) is 13.1 Å². The summed E-state index contributed by atoms with van der Waals surface area (Å²) in [7, 11) is 0. The minimum Gasteiger partial charge on any atom is -0.330 e. The van der Waals surface area contributed by atoms with Gasteiger partial charge in [0.05, 0.1) is 0 Å². The summed E-state index contributed by atoms with van der Waals surface area (Å²) in [4.78, 5) is 1.44. The van der Waals surface area contributed by atoms with Crippen LogP contribution in [0, 0.1) is 5.92 Å². The van der Waals surface area contributed by atoms with Gasteiger partial charge < -0.3 is 11.5 Å². The van der Waals surface area contributed by atoms with Crippen LogP contribution in [0.1, 0.15) is 24.1 Å². The Bertz CT molecular complexity index is 217. The molecule has 0 aromatic carbocycles. The van der Waals surface area contributed by atoms with Gasteiger partial charge in [0.1, 0.15) is 0 Å². The van der Waals surface area contributed by atoms with E-state index in [1.807, 2.05) is 11.3 Å². The summed E-state index contributed by atoms with van der Waals surface area (Å²) < 4.78 is 0. The first-order chi connectivity index (χ1) is 6.27. The molecule has 0 bridgehead atoms. The maximum Gasteiger partial charge on any atom is 0.00735 e. The van der Waals surface area contributed by atoms with Crippen LogP contribution in [0.2, 0.25) is 0 Å². The zero-order valence-corrected chi connectivity index (χ0v) is 8.89. The van der Waals surface area contributed by atoms with E-state index in [0.29, 0.717) is 24.9 Å². The van der Waals surface area contributed by atoms with Crippen molar-refractivity contribution in [2.24, 2.45) is 17.4 Å². The third kappa shape index (κ3) is 3.10. The van der Waals surface area contributed by atoms with Crippen LogP contribution in [0.15, 0.2) is 17.5 Å². The lowest BCUT2D eigenvalue weighted by atomic mass is 9.95. The average molecular weight is 198 g/mol. The highest BCUT2D eigenvalue weighted by molar-refractivity contribution is 7.10. The van der Waals surface area contributed by atoms with Gasteiger partial charge in [-0.3, -0.25) is 0 Å². The Kier molecular flexibility index (Phi) is 4.42. The second-order valence-electron chi connectivity index (χ2n) is 3.49. The summed E-state index contributed by atoms with van der Waals surface area (Å²) in [5.74, 6) is 1.06. The zero-order valence-electron chi connectivity index (χ0n) is 8.07. The monoisotopic (exact) mass is 198 g/mol. The highest BCUT2D eigenvalue weighted by Gasteiger charge is 2.12. The predicted octanol–water partition coefficient (Wildman–Crippen LogP) is 1.78. The first kappa shape index (κ1) is 10.7. The Hall–Kier alpha value is -0.380. The van der Waals surface area contributed by atoms with Crippen LogP contribution in [0.25, 0.3) is 0 Å². The fraction of sp³-hybridized carbons (Fsp3) is 0.600. The van der Waals surface area contributed by atoms with E-state index in [0.717, 1.165) is 6.42 Å². The standard InChI is InChI=1S/C10H18N2S/c1-8(5-9(6-11)7-12)10-3-2-4-13-10/h2-4,8-9H,5-7,11-12H2,1H3. The van der Waals surface area contributed by atoms with Crippen molar-refractivity contribution in [2.45, 2.75) is 19.3 Å². The molecule has 1 unspecified atom stereocenters. The van der Waals surface area contributed by atoms with Crippen LogP contribution in [-0.2, 0) is 0 Å². The van der Waals surface area contributed by atoms with Crippen LogP contribution in [0.5, 0.6) is 0 Å². The highest BCUT2D eigenvalue weighted by Crippen LogP contribution is 2.26. The quantitative estimate of drug-likeness (QED) is 0.757. The second kappa shape index (κ2) is 5.37. The molecule has 0 aliphatic heterocycles. The van der Waals surface area contributed by atoms with Gasteiger partial charge in [0.2, 0.25) is 0 Å². The van der Waals surface area contributed by atoms with E-state index in [-0.39, 0.29) is 0 Å². The third-order valence-electron chi connectivity index (χ3n) is 2.38. The van der Waals surface area contributed by atoms with Crippen molar-refractivity contribution in [3.63, 3.8) is 0 Å². The summed E-state index contributed by atoms with van der Waals surface area (Å²) in [6.45, 7) is 3.64. The predicted molar refractivity (Wildman–Crippen MR) is 58.9 cm³/mol. The molecule has 1 aromatic heterocycles. The van der Waals surface area contributed by atoms with Crippen LogP contribution >= 0.6 is 11.3 Å². The largest absolute Gasteiger partial charge is 0.330 e. The van der Waals surface area contributed by atoms with E-state index in [1.54, 1.807) is 0 Å². The Morgan fingerprint density at radius 2 is 2.08 bits per heavy atom. The highest BCUT2D eigenvalue weighted by atomic mass is 32.1. The molecule has 0 saturated carbocycles.